The van der Waals surface area contributed by atoms with E-state index in [0.29, 0.717) is 12.2 Å². The van der Waals surface area contributed by atoms with E-state index in [4.69, 9.17) is 10.5 Å². The molecule has 3 N–H and O–H groups in total. The zero-order chi connectivity index (χ0) is 19.7. The fraction of sp³-hybridized carbons (Fsp3) is 0.696. The van der Waals surface area contributed by atoms with Crippen LogP contribution in [-0.2, 0) is 4.74 Å². The number of anilines is 1. The van der Waals surface area contributed by atoms with Crippen molar-refractivity contribution in [2.24, 2.45) is 0 Å². The fourth-order valence-corrected chi connectivity index (χ4v) is 3.23. The Morgan fingerprint density at radius 1 is 0.852 bits per heavy atom. The van der Waals surface area contributed by atoms with Crippen LogP contribution in [0, 0.1) is 0 Å². The van der Waals surface area contributed by atoms with E-state index in [0.717, 1.165) is 12.8 Å². The van der Waals surface area contributed by atoms with Crippen molar-refractivity contribution in [3.05, 3.63) is 23.8 Å². The van der Waals surface area contributed by atoms with E-state index < -0.39 is 0 Å². The molecule has 1 aromatic rings. The molecule has 0 atom stereocenters. The molecule has 0 fully saturated rings. The summed E-state index contributed by atoms with van der Waals surface area (Å²) in [5, 5.41) is 9.37. The van der Waals surface area contributed by atoms with E-state index in [2.05, 4.69) is 6.92 Å². The maximum atomic E-state index is 11.9. The van der Waals surface area contributed by atoms with E-state index in [9.17, 15) is 9.90 Å². The zero-order valence-corrected chi connectivity index (χ0v) is 17.2. The zero-order valence-electron chi connectivity index (χ0n) is 17.2. The predicted molar refractivity (Wildman–Crippen MR) is 113 cm³/mol. The van der Waals surface area contributed by atoms with Gasteiger partial charge < -0.3 is 15.6 Å². The highest BCUT2D eigenvalue weighted by Crippen LogP contribution is 2.21. The van der Waals surface area contributed by atoms with Gasteiger partial charge in [-0.05, 0) is 24.6 Å². The minimum absolute atomic E-state index is 0.0153. The Balaban J connectivity index is 1.87. The van der Waals surface area contributed by atoms with Crippen LogP contribution in [-0.4, -0.2) is 17.7 Å². The first-order valence-electron chi connectivity index (χ1n) is 10.9. The summed E-state index contributed by atoms with van der Waals surface area (Å²) in [4.78, 5) is 11.9. The molecule has 154 valence electrons. The molecule has 0 aliphatic carbocycles. The van der Waals surface area contributed by atoms with Crippen molar-refractivity contribution in [2.75, 3.05) is 12.3 Å². The molecule has 4 heteroatoms. The highest BCUT2D eigenvalue weighted by Gasteiger charge is 2.08. The van der Waals surface area contributed by atoms with Gasteiger partial charge in [0.15, 0.2) is 0 Å². The summed E-state index contributed by atoms with van der Waals surface area (Å²) in [6, 6.07) is 4.39. The van der Waals surface area contributed by atoms with Gasteiger partial charge in [-0.15, -0.1) is 0 Å². The van der Waals surface area contributed by atoms with Crippen LogP contribution in [0.25, 0.3) is 0 Å². The van der Waals surface area contributed by atoms with Crippen LogP contribution < -0.4 is 5.73 Å². The molecule has 0 aliphatic rings. The molecule has 0 radical (unpaired) electrons. The summed E-state index contributed by atoms with van der Waals surface area (Å²) in [5.74, 6) is -0.394. The van der Waals surface area contributed by atoms with Crippen molar-refractivity contribution < 1.29 is 14.6 Å². The van der Waals surface area contributed by atoms with Gasteiger partial charge in [0.1, 0.15) is 5.75 Å². The molecule has 0 amide bonds. The van der Waals surface area contributed by atoms with E-state index in [1.807, 2.05) is 0 Å². The number of carbonyl (C=O) groups excluding carboxylic acids is 1. The fourth-order valence-electron chi connectivity index (χ4n) is 3.23. The molecule has 0 saturated heterocycles. The average Bonchev–Trinajstić information content (AvgIpc) is 2.66. The third-order valence-corrected chi connectivity index (χ3v) is 4.99. The molecule has 0 saturated carbocycles. The number of ether oxygens (including phenoxy) is 1. The van der Waals surface area contributed by atoms with Crippen molar-refractivity contribution in [1.82, 2.24) is 0 Å². The van der Waals surface area contributed by atoms with Crippen molar-refractivity contribution >= 4 is 11.7 Å². The lowest BCUT2D eigenvalue weighted by molar-refractivity contribution is 0.0497. The van der Waals surface area contributed by atoms with Crippen LogP contribution in [0.15, 0.2) is 18.2 Å². The molecule has 27 heavy (non-hydrogen) atoms. The van der Waals surface area contributed by atoms with E-state index in [-0.39, 0.29) is 17.4 Å². The Bertz CT molecular complexity index is 516. The van der Waals surface area contributed by atoms with E-state index in [1.165, 1.54) is 95.2 Å². The molecular weight excluding hydrogens is 338 g/mol. The summed E-state index contributed by atoms with van der Waals surface area (Å²) < 4.78 is 5.25. The molecule has 4 nitrogen and oxygen atoms in total. The third-order valence-electron chi connectivity index (χ3n) is 4.99. The number of phenols is 1. The monoisotopic (exact) mass is 377 g/mol. The minimum atomic E-state index is -0.378. The molecule has 1 aromatic carbocycles. The van der Waals surface area contributed by atoms with Gasteiger partial charge in [0, 0.05) is 0 Å². The van der Waals surface area contributed by atoms with Gasteiger partial charge in [0.05, 0.1) is 17.9 Å². The first-order chi connectivity index (χ1) is 13.1. The Morgan fingerprint density at radius 3 is 1.81 bits per heavy atom. The Morgan fingerprint density at radius 2 is 1.33 bits per heavy atom. The van der Waals surface area contributed by atoms with E-state index >= 15 is 0 Å². The number of phenolic OH excluding ortho intramolecular Hbond substituents is 1. The smallest absolute Gasteiger partial charge is 0.338 e. The third kappa shape index (κ3) is 11.6. The van der Waals surface area contributed by atoms with Crippen molar-refractivity contribution in [1.29, 1.82) is 0 Å². The van der Waals surface area contributed by atoms with Crippen molar-refractivity contribution in [2.45, 2.75) is 96.8 Å². The number of esters is 1. The Labute approximate surface area is 165 Å². The van der Waals surface area contributed by atoms with Gasteiger partial charge in [-0.1, -0.05) is 90.4 Å². The van der Waals surface area contributed by atoms with Gasteiger partial charge in [0.2, 0.25) is 0 Å². The highest BCUT2D eigenvalue weighted by molar-refractivity contribution is 5.90. The number of nitrogens with two attached hydrogens (primary N) is 1. The van der Waals surface area contributed by atoms with Gasteiger partial charge in [-0.25, -0.2) is 4.79 Å². The maximum Gasteiger partial charge on any atom is 0.338 e. The number of nitrogen functional groups attached to an aromatic ring is 1. The Hall–Kier alpha value is -1.71. The molecule has 0 bridgehead atoms. The number of aromatic hydroxyl groups is 1. The quantitative estimate of drug-likeness (QED) is 0.147. The number of hydrogen-bond donors (Lipinski definition) is 2. The first kappa shape index (κ1) is 23.3. The van der Waals surface area contributed by atoms with Crippen molar-refractivity contribution in [3.63, 3.8) is 0 Å². The summed E-state index contributed by atoms with van der Waals surface area (Å²) >= 11 is 0. The normalized spacial score (nSPS) is 10.9. The maximum absolute atomic E-state index is 11.9. The molecule has 0 heterocycles. The lowest BCUT2D eigenvalue weighted by Gasteiger charge is -2.06. The molecule has 0 aliphatic heterocycles. The van der Waals surface area contributed by atoms with Gasteiger partial charge in [-0.3, -0.25) is 0 Å². The van der Waals surface area contributed by atoms with Gasteiger partial charge in [0.25, 0.3) is 0 Å². The predicted octanol–water partition coefficient (Wildman–Crippen LogP) is 6.61. The Kier molecular flexibility index (Phi) is 13.3. The summed E-state index contributed by atoms with van der Waals surface area (Å²) in [6.45, 7) is 2.71. The van der Waals surface area contributed by atoms with Crippen LogP contribution in [0.3, 0.4) is 0 Å². The lowest BCUT2D eigenvalue weighted by atomic mass is 10.0. The molecule has 0 aromatic heterocycles. The van der Waals surface area contributed by atoms with Crippen LogP contribution >= 0.6 is 0 Å². The van der Waals surface area contributed by atoms with Gasteiger partial charge in [-0.2, -0.15) is 0 Å². The van der Waals surface area contributed by atoms with Crippen LogP contribution in [0.5, 0.6) is 5.75 Å². The second kappa shape index (κ2) is 15.4. The molecule has 0 unspecified atom stereocenters. The average molecular weight is 378 g/mol. The number of benzene rings is 1. The largest absolute Gasteiger partial charge is 0.506 e. The molecule has 0 spiro atoms. The van der Waals surface area contributed by atoms with Crippen LogP contribution in [0.2, 0.25) is 0 Å². The summed E-state index contributed by atoms with van der Waals surface area (Å²) in [6.07, 6.45) is 18.3. The van der Waals surface area contributed by atoms with E-state index in [1.54, 1.807) is 0 Å². The summed E-state index contributed by atoms with van der Waals surface area (Å²) in [5.41, 5.74) is 6.17. The summed E-state index contributed by atoms with van der Waals surface area (Å²) in [7, 11) is 0. The SMILES string of the molecule is CCCCCCCCCCCCCCCCOC(=O)c1ccc(O)c(N)c1. The minimum Gasteiger partial charge on any atom is -0.506 e. The number of hydrogen-bond acceptors (Lipinski definition) is 4. The number of unbranched alkanes of at least 4 members (excludes halogenated alkanes) is 13. The molecular formula is C23H39NO3. The number of carbonyl (C=O) groups is 1. The molecule has 1 rings (SSSR count). The van der Waals surface area contributed by atoms with Gasteiger partial charge >= 0.3 is 5.97 Å². The lowest BCUT2D eigenvalue weighted by Crippen LogP contribution is -2.07. The van der Waals surface area contributed by atoms with Crippen molar-refractivity contribution in [3.8, 4) is 5.75 Å². The van der Waals surface area contributed by atoms with Crippen LogP contribution in [0.4, 0.5) is 5.69 Å². The standard InChI is InChI=1S/C23H39NO3/c1-2-3-4-5-6-7-8-9-10-11-12-13-14-15-18-27-23(26)20-16-17-22(25)21(24)19-20/h16-17,19,25H,2-15,18,24H2,1H3. The number of rotatable bonds is 16. The topological polar surface area (TPSA) is 72.5 Å². The second-order valence-electron chi connectivity index (χ2n) is 7.51. The second-order valence-corrected chi connectivity index (χ2v) is 7.51. The highest BCUT2D eigenvalue weighted by atomic mass is 16.5. The van der Waals surface area contributed by atoms with Crippen LogP contribution in [0.1, 0.15) is 107 Å². The first-order valence-corrected chi connectivity index (χ1v) is 10.9.